The molecule has 0 radical (unpaired) electrons. The van der Waals surface area contributed by atoms with Gasteiger partial charge in [0.05, 0.1) is 11.5 Å². The van der Waals surface area contributed by atoms with E-state index >= 15 is 0 Å². The molecule has 2 heterocycles. The Hall–Kier alpha value is -3.26. The fraction of sp³-hybridized carbons (Fsp3) is 0.0556. The second-order valence-electron chi connectivity index (χ2n) is 5.55. The number of aliphatic imine (C=N–C) groups is 2. The van der Waals surface area contributed by atoms with Gasteiger partial charge < -0.3 is 4.90 Å². The van der Waals surface area contributed by atoms with E-state index in [9.17, 15) is 10.1 Å². The van der Waals surface area contributed by atoms with E-state index in [1.807, 2.05) is 41.4 Å². The molecule has 2 aliphatic rings. The van der Waals surface area contributed by atoms with Gasteiger partial charge in [0, 0.05) is 36.0 Å². The minimum Gasteiger partial charge on any atom is -0.313 e. The summed E-state index contributed by atoms with van der Waals surface area (Å²) in [5, 5.41) is 11.2. The van der Waals surface area contributed by atoms with Crippen molar-refractivity contribution in [3.05, 3.63) is 82.0 Å². The monoisotopic (exact) mass is 363 g/mol. The number of benzene rings is 2. The summed E-state index contributed by atoms with van der Waals surface area (Å²) in [5.41, 5.74) is 1.98. The predicted molar refractivity (Wildman–Crippen MR) is 103 cm³/mol. The summed E-state index contributed by atoms with van der Waals surface area (Å²) < 4.78 is 4.51. The molecular weight excluding hydrogens is 350 g/mol. The van der Waals surface area contributed by atoms with Crippen LogP contribution in [0, 0.1) is 10.1 Å². The number of hydrogen-bond donors (Lipinski definition) is 0. The summed E-state index contributed by atoms with van der Waals surface area (Å²) in [6, 6.07) is 14.4. The SMILES string of the molecule is O=[N+]([O-])c1ccccc1SN=C1N=C2N=CC=CN2Cc2ccccc21. The Labute approximate surface area is 153 Å². The molecule has 4 rings (SSSR count). The number of nitrogens with zero attached hydrogens (tertiary/aromatic N) is 5. The van der Waals surface area contributed by atoms with Crippen molar-refractivity contribution in [2.75, 3.05) is 0 Å². The normalized spacial score (nSPS) is 16.7. The maximum Gasteiger partial charge on any atom is 0.284 e. The molecule has 8 heteroatoms. The number of nitro benzene ring substituents is 1. The first-order valence-electron chi connectivity index (χ1n) is 7.85. The van der Waals surface area contributed by atoms with Crippen LogP contribution >= 0.6 is 11.9 Å². The predicted octanol–water partition coefficient (Wildman–Crippen LogP) is 3.82. The van der Waals surface area contributed by atoms with Gasteiger partial charge in [-0.2, -0.15) is 9.39 Å². The van der Waals surface area contributed by atoms with Crippen molar-refractivity contribution >= 4 is 35.6 Å². The van der Waals surface area contributed by atoms with Gasteiger partial charge in [-0.15, -0.1) is 0 Å². The van der Waals surface area contributed by atoms with Crippen LogP contribution < -0.4 is 0 Å². The summed E-state index contributed by atoms with van der Waals surface area (Å²) in [5.74, 6) is 1.04. The number of rotatable bonds is 3. The Morgan fingerprint density at radius 3 is 2.85 bits per heavy atom. The lowest BCUT2D eigenvalue weighted by molar-refractivity contribution is -0.387. The van der Waals surface area contributed by atoms with Crippen LogP contribution in [0.4, 0.5) is 5.69 Å². The van der Waals surface area contributed by atoms with E-state index in [1.165, 1.54) is 6.07 Å². The van der Waals surface area contributed by atoms with Crippen molar-refractivity contribution in [2.45, 2.75) is 11.4 Å². The van der Waals surface area contributed by atoms with E-state index < -0.39 is 4.92 Å². The Morgan fingerprint density at radius 2 is 1.96 bits per heavy atom. The molecule has 0 atom stereocenters. The van der Waals surface area contributed by atoms with Gasteiger partial charge in [-0.3, -0.25) is 10.1 Å². The smallest absolute Gasteiger partial charge is 0.284 e. The van der Waals surface area contributed by atoms with Gasteiger partial charge in [0.15, 0.2) is 5.84 Å². The third-order valence-electron chi connectivity index (χ3n) is 3.90. The molecule has 0 N–H and O–H groups in total. The maximum absolute atomic E-state index is 11.2. The summed E-state index contributed by atoms with van der Waals surface area (Å²) in [7, 11) is 0. The topological polar surface area (TPSA) is 83.5 Å². The Balaban J connectivity index is 1.76. The lowest BCUT2D eigenvalue weighted by atomic mass is 10.1. The van der Waals surface area contributed by atoms with Gasteiger partial charge >= 0.3 is 0 Å². The van der Waals surface area contributed by atoms with Crippen LogP contribution in [0.25, 0.3) is 0 Å². The number of para-hydroxylation sites is 1. The number of amidine groups is 1. The van der Waals surface area contributed by atoms with Gasteiger partial charge in [-0.25, -0.2) is 4.99 Å². The first-order chi connectivity index (χ1) is 12.7. The molecule has 0 spiro atoms. The summed E-state index contributed by atoms with van der Waals surface area (Å²) in [6.07, 6.45) is 5.45. The van der Waals surface area contributed by atoms with E-state index in [2.05, 4.69) is 14.4 Å². The third kappa shape index (κ3) is 3.14. The molecule has 0 saturated heterocycles. The van der Waals surface area contributed by atoms with Gasteiger partial charge in [-0.05, 0) is 17.7 Å². The Bertz CT molecular complexity index is 997. The molecule has 2 aliphatic heterocycles. The number of allylic oxidation sites excluding steroid dienone is 1. The molecule has 0 aromatic heterocycles. The van der Waals surface area contributed by atoms with Crippen molar-refractivity contribution in [2.24, 2.45) is 14.4 Å². The number of nitro groups is 1. The standard InChI is InChI=1S/C18H13N5O2S/c24-23(25)15-8-3-4-9-16(15)26-21-17-14-7-2-1-6-13(14)12-22-11-5-10-19-18(22)20-17/h1-11H,12H2. The molecule has 0 saturated carbocycles. The van der Waals surface area contributed by atoms with Gasteiger partial charge in [0.1, 0.15) is 4.90 Å². The van der Waals surface area contributed by atoms with Crippen molar-refractivity contribution in [3.8, 4) is 0 Å². The molecule has 0 unspecified atom stereocenters. The zero-order valence-corrected chi connectivity index (χ0v) is 14.3. The molecule has 0 amide bonds. The zero-order chi connectivity index (χ0) is 17.9. The highest BCUT2D eigenvalue weighted by Gasteiger charge is 2.21. The van der Waals surface area contributed by atoms with Crippen molar-refractivity contribution < 1.29 is 4.92 Å². The van der Waals surface area contributed by atoms with E-state index in [-0.39, 0.29) is 5.69 Å². The van der Waals surface area contributed by atoms with Crippen LogP contribution in [0.3, 0.4) is 0 Å². The summed E-state index contributed by atoms with van der Waals surface area (Å²) in [6.45, 7) is 0.637. The fourth-order valence-electron chi connectivity index (χ4n) is 2.67. The van der Waals surface area contributed by atoms with E-state index in [4.69, 9.17) is 0 Å². The van der Waals surface area contributed by atoms with Crippen molar-refractivity contribution in [1.29, 1.82) is 0 Å². The number of guanidine groups is 1. The maximum atomic E-state index is 11.2. The number of hydrogen-bond acceptors (Lipinski definition) is 6. The third-order valence-corrected chi connectivity index (χ3v) is 4.70. The molecule has 0 aliphatic carbocycles. The van der Waals surface area contributed by atoms with Crippen LogP contribution in [0.2, 0.25) is 0 Å². The second-order valence-corrected chi connectivity index (χ2v) is 6.35. The molecule has 2 aromatic rings. The minimum atomic E-state index is -0.409. The van der Waals surface area contributed by atoms with E-state index in [0.717, 1.165) is 23.1 Å². The molecule has 0 fully saturated rings. The number of fused-ring (bicyclic) bond motifs is 2. The highest BCUT2D eigenvalue weighted by molar-refractivity contribution is 7.98. The summed E-state index contributed by atoms with van der Waals surface area (Å²) in [4.78, 5) is 22.1. The second kappa shape index (κ2) is 6.93. The van der Waals surface area contributed by atoms with Crippen molar-refractivity contribution in [1.82, 2.24) is 4.90 Å². The van der Waals surface area contributed by atoms with Gasteiger partial charge in [0.2, 0.25) is 5.96 Å². The van der Waals surface area contributed by atoms with E-state index in [1.54, 1.807) is 24.4 Å². The molecule has 128 valence electrons. The minimum absolute atomic E-state index is 0.0247. The lowest BCUT2D eigenvalue weighted by Crippen LogP contribution is -2.24. The molecular formula is C18H13N5O2S. The molecule has 7 nitrogen and oxygen atoms in total. The first kappa shape index (κ1) is 16.2. The van der Waals surface area contributed by atoms with Crippen LogP contribution in [0.15, 0.2) is 80.1 Å². The Morgan fingerprint density at radius 1 is 1.15 bits per heavy atom. The zero-order valence-electron chi connectivity index (χ0n) is 13.5. The molecule has 26 heavy (non-hydrogen) atoms. The average Bonchev–Trinajstić information content (AvgIpc) is 2.83. The van der Waals surface area contributed by atoms with Crippen LogP contribution in [-0.2, 0) is 6.54 Å². The average molecular weight is 363 g/mol. The van der Waals surface area contributed by atoms with Crippen LogP contribution in [0.5, 0.6) is 0 Å². The Kier molecular flexibility index (Phi) is 4.32. The van der Waals surface area contributed by atoms with Gasteiger partial charge in [-0.1, -0.05) is 36.4 Å². The van der Waals surface area contributed by atoms with Gasteiger partial charge in [0.25, 0.3) is 5.69 Å². The largest absolute Gasteiger partial charge is 0.313 e. The highest BCUT2D eigenvalue weighted by atomic mass is 32.2. The van der Waals surface area contributed by atoms with Crippen LogP contribution in [0.1, 0.15) is 11.1 Å². The quantitative estimate of drug-likeness (QED) is 0.471. The van der Waals surface area contributed by atoms with E-state index in [0.29, 0.717) is 23.2 Å². The lowest BCUT2D eigenvalue weighted by Gasteiger charge is -2.19. The molecule has 2 aromatic carbocycles. The summed E-state index contributed by atoms with van der Waals surface area (Å²) >= 11 is 1.04. The fourth-order valence-corrected chi connectivity index (χ4v) is 3.37. The molecule has 0 bridgehead atoms. The van der Waals surface area contributed by atoms with Crippen LogP contribution in [-0.4, -0.2) is 27.8 Å². The first-order valence-corrected chi connectivity index (χ1v) is 8.62. The van der Waals surface area contributed by atoms with Crippen molar-refractivity contribution in [3.63, 3.8) is 0 Å². The highest BCUT2D eigenvalue weighted by Crippen LogP contribution is 2.31.